The van der Waals surface area contributed by atoms with Crippen molar-refractivity contribution < 1.29 is 14.3 Å². The van der Waals surface area contributed by atoms with Crippen LogP contribution in [0.3, 0.4) is 0 Å². The lowest BCUT2D eigenvalue weighted by atomic mass is 10.2. The highest BCUT2D eigenvalue weighted by Gasteiger charge is 2.13. The summed E-state index contributed by atoms with van der Waals surface area (Å²) in [6.07, 6.45) is 0.753. The van der Waals surface area contributed by atoms with E-state index in [2.05, 4.69) is 20.8 Å². The van der Waals surface area contributed by atoms with Gasteiger partial charge < -0.3 is 19.9 Å². The lowest BCUT2D eigenvalue weighted by Gasteiger charge is -2.08. The number of benzene rings is 2. The minimum absolute atomic E-state index is 0.0784. The van der Waals surface area contributed by atoms with Crippen LogP contribution in [0.25, 0.3) is 0 Å². The van der Waals surface area contributed by atoms with E-state index >= 15 is 0 Å². The average Bonchev–Trinajstić information content (AvgIpc) is 3.12. The van der Waals surface area contributed by atoms with E-state index in [0.29, 0.717) is 29.5 Å². The summed E-state index contributed by atoms with van der Waals surface area (Å²) in [6, 6.07) is 14.8. The number of rotatable bonds is 9. The molecule has 1 aromatic heterocycles. The summed E-state index contributed by atoms with van der Waals surface area (Å²) in [5, 5.41) is 14.7. The van der Waals surface area contributed by atoms with Gasteiger partial charge in [0.15, 0.2) is 5.16 Å². The molecule has 2 N–H and O–H groups in total. The predicted octanol–water partition coefficient (Wildman–Crippen LogP) is 3.43. The van der Waals surface area contributed by atoms with Gasteiger partial charge in [-0.1, -0.05) is 30.0 Å². The van der Waals surface area contributed by atoms with Crippen LogP contribution in [0.2, 0.25) is 0 Å². The molecule has 0 atom stereocenters. The maximum atomic E-state index is 12.3. The van der Waals surface area contributed by atoms with Crippen LogP contribution in [0.5, 0.6) is 5.75 Å². The Kier molecular flexibility index (Phi) is 7.66. The smallest absolute Gasteiger partial charge is 0.234 e. The van der Waals surface area contributed by atoms with Crippen LogP contribution in [0, 0.1) is 6.92 Å². The highest BCUT2D eigenvalue weighted by Crippen LogP contribution is 2.19. The van der Waals surface area contributed by atoms with E-state index < -0.39 is 0 Å². The third kappa shape index (κ3) is 6.32. The van der Waals surface area contributed by atoms with Gasteiger partial charge in [0.2, 0.25) is 11.8 Å². The van der Waals surface area contributed by atoms with Crippen LogP contribution in [-0.4, -0.2) is 39.4 Å². The molecule has 31 heavy (non-hydrogen) atoms. The van der Waals surface area contributed by atoms with Crippen LogP contribution in [0.4, 0.5) is 11.4 Å². The van der Waals surface area contributed by atoms with Gasteiger partial charge in [-0.3, -0.25) is 9.59 Å². The minimum Gasteiger partial charge on any atom is -0.497 e. The van der Waals surface area contributed by atoms with Crippen molar-refractivity contribution in [2.24, 2.45) is 7.05 Å². The molecule has 8 nitrogen and oxygen atoms in total. The third-order valence-electron chi connectivity index (χ3n) is 4.63. The van der Waals surface area contributed by atoms with Gasteiger partial charge in [-0.2, -0.15) is 0 Å². The normalized spacial score (nSPS) is 10.5. The Morgan fingerprint density at radius 2 is 1.77 bits per heavy atom. The van der Waals surface area contributed by atoms with Crippen molar-refractivity contribution >= 4 is 35.0 Å². The van der Waals surface area contributed by atoms with Gasteiger partial charge in [-0.15, -0.1) is 10.2 Å². The van der Waals surface area contributed by atoms with Gasteiger partial charge in [-0.25, -0.2) is 0 Å². The maximum Gasteiger partial charge on any atom is 0.234 e. The van der Waals surface area contributed by atoms with E-state index in [1.54, 1.807) is 31.4 Å². The first-order valence-electron chi connectivity index (χ1n) is 9.76. The van der Waals surface area contributed by atoms with E-state index in [1.807, 2.05) is 42.8 Å². The number of carbonyl (C=O) groups is 2. The molecule has 2 aromatic carbocycles. The zero-order valence-corrected chi connectivity index (χ0v) is 18.5. The molecule has 3 rings (SSSR count). The highest BCUT2D eigenvalue weighted by molar-refractivity contribution is 7.99. The first-order chi connectivity index (χ1) is 15.0. The molecule has 162 valence electrons. The number of anilines is 2. The lowest BCUT2D eigenvalue weighted by molar-refractivity contribution is -0.116. The Labute approximate surface area is 185 Å². The lowest BCUT2D eigenvalue weighted by Crippen LogP contribution is -2.15. The fourth-order valence-corrected chi connectivity index (χ4v) is 3.57. The summed E-state index contributed by atoms with van der Waals surface area (Å²) in [4.78, 5) is 24.5. The molecule has 1 heterocycles. The molecule has 0 aliphatic rings. The number of amides is 2. The van der Waals surface area contributed by atoms with Gasteiger partial charge in [0.25, 0.3) is 0 Å². The minimum atomic E-state index is -0.141. The molecule has 0 radical (unpaired) electrons. The van der Waals surface area contributed by atoms with Crippen molar-refractivity contribution in [2.45, 2.75) is 24.9 Å². The summed E-state index contributed by atoms with van der Waals surface area (Å²) in [7, 11) is 3.42. The zero-order valence-electron chi connectivity index (χ0n) is 17.7. The molecular formula is C22H25N5O3S. The number of aryl methyl sites for hydroxylation is 2. The SMILES string of the molecule is COc1ccc(NC(=O)CSc2nnc(CCC(=O)Nc3ccccc3C)n2C)cc1. The van der Waals surface area contributed by atoms with Crippen molar-refractivity contribution in [2.75, 3.05) is 23.5 Å². The maximum absolute atomic E-state index is 12.3. The Morgan fingerprint density at radius 1 is 1.03 bits per heavy atom. The number of nitrogens with one attached hydrogen (secondary N) is 2. The second-order valence-electron chi connectivity index (χ2n) is 6.89. The number of para-hydroxylation sites is 1. The van der Waals surface area contributed by atoms with Crippen LogP contribution >= 0.6 is 11.8 Å². The first kappa shape index (κ1) is 22.4. The Morgan fingerprint density at radius 3 is 2.48 bits per heavy atom. The van der Waals surface area contributed by atoms with E-state index in [4.69, 9.17) is 4.74 Å². The van der Waals surface area contributed by atoms with Crippen LogP contribution in [0.1, 0.15) is 17.8 Å². The monoisotopic (exact) mass is 439 g/mol. The summed E-state index contributed by atoms with van der Waals surface area (Å²) >= 11 is 1.29. The molecular weight excluding hydrogens is 414 g/mol. The van der Waals surface area contributed by atoms with Crippen LogP contribution in [0.15, 0.2) is 53.7 Å². The molecule has 0 bridgehead atoms. The largest absolute Gasteiger partial charge is 0.497 e. The number of hydrogen-bond acceptors (Lipinski definition) is 6. The fourth-order valence-electron chi connectivity index (χ4n) is 2.84. The topological polar surface area (TPSA) is 98.1 Å². The summed E-state index contributed by atoms with van der Waals surface area (Å²) in [5.74, 6) is 1.40. The number of hydrogen-bond donors (Lipinski definition) is 2. The molecule has 0 saturated carbocycles. The number of carbonyl (C=O) groups excluding carboxylic acids is 2. The van der Waals surface area contributed by atoms with Crippen LogP contribution in [-0.2, 0) is 23.1 Å². The predicted molar refractivity (Wildman–Crippen MR) is 121 cm³/mol. The van der Waals surface area contributed by atoms with E-state index in [0.717, 1.165) is 17.0 Å². The van der Waals surface area contributed by atoms with Gasteiger partial charge in [0, 0.05) is 31.3 Å². The van der Waals surface area contributed by atoms with Gasteiger partial charge >= 0.3 is 0 Å². The molecule has 0 spiro atoms. The Balaban J connectivity index is 1.47. The van der Waals surface area contributed by atoms with Gasteiger partial charge in [-0.05, 0) is 42.8 Å². The van der Waals surface area contributed by atoms with Crippen molar-refractivity contribution in [1.82, 2.24) is 14.8 Å². The number of methoxy groups -OCH3 is 1. The Hall–Kier alpha value is -3.33. The standard InChI is InChI=1S/C22H25N5O3S/c1-15-6-4-5-7-18(15)24-20(28)13-12-19-25-26-22(27(19)2)31-14-21(29)23-16-8-10-17(30-3)11-9-16/h4-11H,12-14H2,1-3H3,(H,23,29)(H,24,28). The number of thioether (sulfide) groups is 1. The van der Waals surface area contributed by atoms with Crippen molar-refractivity contribution in [1.29, 1.82) is 0 Å². The second kappa shape index (κ2) is 10.6. The quantitative estimate of drug-likeness (QED) is 0.496. The highest BCUT2D eigenvalue weighted by atomic mass is 32.2. The van der Waals surface area contributed by atoms with Crippen LogP contribution < -0.4 is 15.4 Å². The van der Waals surface area contributed by atoms with Gasteiger partial charge in [0.1, 0.15) is 11.6 Å². The fraction of sp³-hybridized carbons (Fsp3) is 0.273. The average molecular weight is 440 g/mol. The summed E-state index contributed by atoms with van der Waals surface area (Å²) in [5.41, 5.74) is 2.52. The number of ether oxygens (including phenoxy) is 1. The molecule has 0 saturated heterocycles. The molecule has 3 aromatic rings. The van der Waals surface area contributed by atoms with Crippen molar-refractivity contribution in [3.05, 3.63) is 59.9 Å². The van der Waals surface area contributed by atoms with Crippen molar-refractivity contribution in [3.63, 3.8) is 0 Å². The Bertz CT molecular complexity index is 1050. The molecule has 2 amide bonds. The molecule has 9 heteroatoms. The molecule has 0 aliphatic carbocycles. The molecule has 0 unspecified atom stereocenters. The summed E-state index contributed by atoms with van der Waals surface area (Å²) in [6.45, 7) is 1.95. The zero-order chi connectivity index (χ0) is 22.2. The molecule has 0 fully saturated rings. The van der Waals surface area contributed by atoms with Gasteiger partial charge in [0.05, 0.1) is 12.9 Å². The summed E-state index contributed by atoms with van der Waals surface area (Å²) < 4.78 is 6.92. The first-order valence-corrected chi connectivity index (χ1v) is 10.8. The van der Waals surface area contributed by atoms with E-state index in [-0.39, 0.29) is 17.6 Å². The van der Waals surface area contributed by atoms with E-state index in [1.165, 1.54) is 11.8 Å². The van der Waals surface area contributed by atoms with Crippen molar-refractivity contribution in [3.8, 4) is 5.75 Å². The number of aromatic nitrogens is 3. The van der Waals surface area contributed by atoms with E-state index in [9.17, 15) is 9.59 Å². The third-order valence-corrected chi connectivity index (χ3v) is 5.65. The second-order valence-corrected chi connectivity index (χ2v) is 7.83. The number of nitrogens with zero attached hydrogens (tertiary/aromatic N) is 3. The molecule has 0 aliphatic heterocycles.